The molecule has 1 aliphatic heterocycles. The molecule has 1 aromatic rings. The summed E-state index contributed by atoms with van der Waals surface area (Å²) >= 11 is 0. The van der Waals surface area contributed by atoms with Gasteiger partial charge in [0, 0.05) is 25.3 Å². The average Bonchev–Trinajstić information content (AvgIpc) is 2.38. The predicted molar refractivity (Wildman–Crippen MR) is 74.0 cm³/mol. The molecule has 6 heteroatoms. The lowest BCUT2D eigenvalue weighted by Gasteiger charge is -2.34. The summed E-state index contributed by atoms with van der Waals surface area (Å²) in [6.45, 7) is 1.22. The Morgan fingerprint density at radius 1 is 1.40 bits per heavy atom. The van der Waals surface area contributed by atoms with Crippen LogP contribution in [0.5, 0.6) is 0 Å². The van der Waals surface area contributed by atoms with E-state index in [-0.39, 0.29) is 29.6 Å². The Morgan fingerprint density at radius 2 is 2.05 bits per heavy atom. The average molecular weight is 283 g/mol. The zero-order valence-corrected chi connectivity index (χ0v) is 11.2. The normalized spacial score (nSPS) is 19.1. The fraction of sp³-hybridized carbons (Fsp3) is 0.500. The van der Waals surface area contributed by atoms with Crippen LogP contribution in [0, 0.1) is 23.0 Å². The molecular formula is C14H19F2N3O. The molecule has 2 rings (SSSR count). The highest BCUT2D eigenvalue weighted by atomic mass is 19.1. The second-order valence-electron chi connectivity index (χ2n) is 5.17. The lowest BCUT2D eigenvalue weighted by atomic mass is 9.94. The van der Waals surface area contributed by atoms with Gasteiger partial charge in [-0.15, -0.1) is 0 Å². The van der Waals surface area contributed by atoms with Crippen molar-refractivity contribution in [3.63, 3.8) is 0 Å². The fourth-order valence-corrected chi connectivity index (χ4v) is 2.71. The lowest BCUT2D eigenvalue weighted by Crippen LogP contribution is -2.37. The number of rotatable bonds is 4. The molecule has 0 saturated carbocycles. The molecule has 4 N–H and O–H groups in total. The number of halogens is 2. The van der Waals surface area contributed by atoms with Crippen LogP contribution < -0.4 is 10.6 Å². The van der Waals surface area contributed by atoms with E-state index in [1.165, 1.54) is 0 Å². The molecule has 1 heterocycles. The first kappa shape index (κ1) is 14.7. The third kappa shape index (κ3) is 3.07. The maximum atomic E-state index is 14.1. The molecule has 0 radical (unpaired) electrons. The van der Waals surface area contributed by atoms with Crippen molar-refractivity contribution in [3.8, 4) is 0 Å². The second-order valence-corrected chi connectivity index (χ2v) is 5.17. The number of nitrogens with one attached hydrogen (secondary N) is 1. The SMILES string of the molecule is N=C(N)c1cc(F)c(N2CCCC(CCO)C2)c(F)c1. The van der Waals surface area contributed by atoms with Crippen molar-refractivity contribution in [1.82, 2.24) is 0 Å². The van der Waals surface area contributed by atoms with Gasteiger partial charge < -0.3 is 15.7 Å². The van der Waals surface area contributed by atoms with Gasteiger partial charge in [-0.05, 0) is 37.3 Å². The molecule has 1 atom stereocenters. The molecule has 1 aromatic carbocycles. The minimum Gasteiger partial charge on any atom is -0.396 e. The van der Waals surface area contributed by atoms with E-state index in [0.717, 1.165) is 25.0 Å². The summed E-state index contributed by atoms with van der Waals surface area (Å²) < 4.78 is 28.2. The Labute approximate surface area is 116 Å². The molecule has 4 nitrogen and oxygen atoms in total. The van der Waals surface area contributed by atoms with Crippen molar-refractivity contribution in [2.75, 3.05) is 24.6 Å². The fourth-order valence-electron chi connectivity index (χ4n) is 2.71. The highest BCUT2D eigenvalue weighted by Gasteiger charge is 2.25. The number of piperidine rings is 1. The Morgan fingerprint density at radius 3 is 2.60 bits per heavy atom. The Bertz CT molecular complexity index is 482. The molecule has 1 unspecified atom stereocenters. The summed E-state index contributed by atoms with van der Waals surface area (Å²) in [5, 5.41) is 16.2. The van der Waals surface area contributed by atoms with Crippen LogP contribution in [0.3, 0.4) is 0 Å². The number of hydrogen-bond donors (Lipinski definition) is 3. The van der Waals surface area contributed by atoms with Gasteiger partial charge in [-0.1, -0.05) is 0 Å². The lowest BCUT2D eigenvalue weighted by molar-refractivity contribution is 0.244. The molecule has 0 spiro atoms. The van der Waals surface area contributed by atoms with E-state index >= 15 is 0 Å². The van der Waals surface area contributed by atoms with Gasteiger partial charge in [-0.3, -0.25) is 5.41 Å². The van der Waals surface area contributed by atoms with Gasteiger partial charge in [0.05, 0.1) is 0 Å². The van der Waals surface area contributed by atoms with E-state index < -0.39 is 11.6 Å². The molecule has 1 fully saturated rings. The topological polar surface area (TPSA) is 73.3 Å². The second kappa shape index (κ2) is 6.17. The van der Waals surface area contributed by atoms with Gasteiger partial charge in [0.2, 0.25) is 0 Å². The van der Waals surface area contributed by atoms with Crippen molar-refractivity contribution < 1.29 is 13.9 Å². The maximum absolute atomic E-state index is 14.1. The number of hydrogen-bond acceptors (Lipinski definition) is 3. The van der Waals surface area contributed by atoms with Crippen LogP contribution in [0.4, 0.5) is 14.5 Å². The van der Waals surface area contributed by atoms with Gasteiger partial charge in [-0.2, -0.15) is 0 Å². The van der Waals surface area contributed by atoms with Crippen molar-refractivity contribution in [1.29, 1.82) is 5.41 Å². The van der Waals surface area contributed by atoms with Gasteiger partial charge >= 0.3 is 0 Å². The highest BCUT2D eigenvalue weighted by Crippen LogP contribution is 2.30. The van der Waals surface area contributed by atoms with Crippen LogP contribution >= 0.6 is 0 Å². The molecule has 110 valence electrons. The number of benzene rings is 1. The first-order chi connectivity index (χ1) is 9.52. The highest BCUT2D eigenvalue weighted by molar-refractivity contribution is 5.95. The molecule has 20 heavy (non-hydrogen) atoms. The van der Waals surface area contributed by atoms with Crippen molar-refractivity contribution in [2.24, 2.45) is 11.7 Å². The third-order valence-electron chi connectivity index (χ3n) is 3.70. The molecule has 0 aliphatic carbocycles. The van der Waals surface area contributed by atoms with Crippen LogP contribution in [0.25, 0.3) is 0 Å². The largest absolute Gasteiger partial charge is 0.396 e. The summed E-state index contributed by atoms with van der Waals surface area (Å²) in [5.41, 5.74) is 5.24. The van der Waals surface area contributed by atoms with Gasteiger partial charge in [-0.25, -0.2) is 8.78 Å². The monoisotopic (exact) mass is 283 g/mol. The number of aliphatic hydroxyl groups excluding tert-OH is 1. The summed E-state index contributed by atoms with van der Waals surface area (Å²) in [5.74, 6) is -1.49. The number of nitrogens with zero attached hydrogens (tertiary/aromatic N) is 1. The van der Waals surface area contributed by atoms with Crippen LogP contribution in [0.2, 0.25) is 0 Å². The number of aliphatic hydroxyl groups is 1. The third-order valence-corrected chi connectivity index (χ3v) is 3.70. The Kier molecular flexibility index (Phi) is 4.54. The number of anilines is 1. The molecule has 0 aromatic heterocycles. The van der Waals surface area contributed by atoms with E-state index in [4.69, 9.17) is 16.2 Å². The smallest absolute Gasteiger partial charge is 0.150 e. The Balaban J connectivity index is 2.26. The van der Waals surface area contributed by atoms with Crippen molar-refractivity contribution in [2.45, 2.75) is 19.3 Å². The van der Waals surface area contributed by atoms with E-state index in [1.807, 2.05) is 0 Å². The maximum Gasteiger partial charge on any atom is 0.150 e. The Hall–Kier alpha value is -1.69. The van der Waals surface area contributed by atoms with Crippen LogP contribution in [-0.4, -0.2) is 30.6 Å². The van der Waals surface area contributed by atoms with Gasteiger partial charge in [0.25, 0.3) is 0 Å². The number of nitrogen functional groups attached to an aromatic ring is 1. The first-order valence-corrected chi connectivity index (χ1v) is 6.72. The summed E-state index contributed by atoms with van der Waals surface area (Å²) in [6.07, 6.45) is 2.45. The van der Waals surface area contributed by atoms with E-state index in [9.17, 15) is 8.78 Å². The predicted octanol–water partition coefficient (Wildman–Crippen LogP) is 1.85. The number of amidine groups is 1. The summed E-state index contributed by atoms with van der Waals surface area (Å²) in [6, 6.07) is 2.19. The van der Waals surface area contributed by atoms with E-state index in [0.29, 0.717) is 19.5 Å². The summed E-state index contributed by atoms with van der Waals surface area (Å²) in [4.78, 5) is 1.68. The first-order valence-electron chi connectivity index (χ1n) is 6.72. The van der Waals surface area contributed by atoms with Gasteiger partial charge in [0.15, 0.2) is 0 Å². The molecule has 0 amide bonds. The minimum atomic E-state index is -0.695. The van der Waals surface area contributed by atoms with Crippen LogP contribution in [-0.2, 0) is 0 Å². The molecule has 1 saturated heterocycles. The molecule has 0 bridgehead atoms. The van der Waals surface area contributed by atoms with E-state index in [1.54, 1.807) is 4.90 Å². The zero-order chi connectivity index (χ0) is 14.7. The zero-order valence-electron chi connectivity index (χ0n) is 11.2. The standard InChI is InChI=1S/C14H19F2N3O/c15-11-6-10(14(17)18)7-12(16)13(11)19-4-1-2-9(8-19)3-5-20/h6-7,9,20H,1-5,8H2,(H3,17,18). The van der Waals surface area contributed by atoms with E-state index in [2.05, 4.69) is 0 Å². The van der Waals surface area contributed by atoms with Crippen LogP contribution in [0.1, 0.15) is 24.8 Å². The minimum absolute atomic E-state index is 0.0488. The quantitative estimate of drug-likeness (QED) is 0.583. The molecular weight excluding hydrogens is 264 g/mol. The van der Waals surface area contributed by atoms with Crippen molar-refractivity contribution >= 4 is 11.5 Å². The number of nitrogens with two attached hydrogens (primary N) is 1. The summed E-state index contributed by atoms with van der Waals surface area (Å²) in [7, 11) is 0. The van der Waals surface area contributed by atoms with Crippen LogP contribution in [0.15, 0.2) is 12.1 Å². The van der Waals surface area contributed by atoms with Gasteiger partial charge in [0.1, 0.15) is 23.2 Å². The van der Waals surface area contributed by atoms with Crippen molar-refractivity contribution in [3.05, 3.63) is 29.3 Å². The molecule has 1 aliphatic rings.